The SMILES string of the molecule is CCCCCCCCCCCCCCCCC(CCCCCC/C=C\CCCC(C)CC)C(=O)O. The van der Waals surface area contributed by atoms with Gasteiger partial charge in [-0.2, -0.15) is 0 Å². The van der Waals surface area contributed by atoms with E-state index in [4.69, 9.17) is 0 Å². The zero-order chi connectivity index (χ0) is 25.8. The third-order valence-electron chi connectivity index (χ3n) is 7.86. The molecule has 0 radical (unpaired) electrons. The highest BCUT2D eigenvalue weighted by molar-refractivity contribution is 5.69. The Bertz CT molecular complexity index is 456. The average molecular weight is 493 g/mol. The summed E-state index contributed by atoms with van der Waals surface area (Å²) >= 11 is 0. The quantitative estimate of drug-likeness (QED) is 0.0870. The van der Waals surface area contributed by atoms with Crippen LogP contribution in [0, 0.1) is 11.8 Å². The molecule has 2 unspecified atom stereocenters. The second-order valence-corrected chi connectivity index (χ2v) is 11.3. The number of carboxylic acid groups (broad SMARTS) is 1. The summed E-state index contributed by atoms with van der Waals surface area (Å²) in [6.45, 7) is 6.90. The maximum atomic E-state index is 11.6. The molecule has 0 aromatic heterocycles. The summed E-state index contributed by atoms with van der Waals surface area (Å²) in [4.78, 5) is 11.6. The zero-order valence-electron chi connectivity index (χ0n) is 24.3. The zero-order valence-corrected chi connectivity index (χ0v) is 24.3. The maximum absolute atomic E-state index is 11.6. The van der Waals surface area contributed by atoms with Crippen LogP contribution in [0.25, 0.3) is 0 Å². The minimum Gasteiger partial charge on any atom is -0.481 e. The summed E-state index contributed by atoms with van der Waals surface area (Å²) in [5.41, 5.74) is 0. The first kappa shape index (κ1) is 34.2. The van der Waals surface area contributed by atoms with E-state index in [1.807, 2.05) is 0 Å². The Morgan fingerprint density at radius 2 is 0.971 bits per heavy atom. The molecular weight excluding hydrogens is 428 g/mol. The lowest BCUT2D eigenvalue weighted by atomic mass is 9.94. The normalized spacial score (nSPS) is 13.5. The average Bonchev–Trinajstić information content (AvgIpc) is 2.85. The lowest BCUT2D eigenvalue weighted by molar-refractivity contribution is -0.142. The molecule has 0 saturated carbocycles. The Morgan fingerprint density at radius 3 is 1.40 bits per heavy atom. The van der Waals surface area contributed by atoms with Crippen LogP contribution in [-0.2, 0) is 4.79 Å². The molecule has 0 aliphatic carbocycles. The van der Waals surface area contributed by atoms with Crippen LogP contribution in [0.15, 0.2) is 12.2 Å². The molecule has 0 aromatic carbocycles. The predicted octanol–water partition coefficient (Wildman–Crippen LogP) is 11.7. The lowest BCUT2D eigenvalue weighted by Gasteiger charge is -2.12. The molecule has 1 N–H and O–H groups in total. The van der Waals surface area contributed by atoms with E-state index in [1.165, 1.54) is 135 Å². The van der Waals surface area contributed by atoms with E-state index in [0.29, 0.717) is 0 Å². The second kappa shape index (κ2) is 27.8. The predicted molar refractivity (Wildman–Crippen MR) is 156 cm³/mol. The minimum atomic E-state index is -0.569. The number of rotatable bonds is 28. The van der Waals surface area contributed by atoms with Crippen molar-refractivity contribution in [1.82, 2.24) is 0 Å². The Kier molecular flexibility index (Phi) is 27.2. The molecule has 0 amide bonds. The van der Waals surface area contributed by atoms with Gasteiger partial charge in [-0.25, -0.2) is 0 Å². The van der Waals surface area contributed by atoms with Gasteiger partial charge in [0, 0.05) is 0 Å². The number of allylic oxidation sites excluding steroid dienone is 2. The largest absolute Gasteiger partial charge is 0.481 e. The van der Waals surface area contributed by atoms with Crippen LogP contribution in [0.3, 0.4) is 0 Å². The van der Waals surface area contributed by atoms with Crippen molar-refractivity contribution in [3.8, 4) is 0 Å². The Morgan fingerprint density at radius 1 is 0.571 bits per heavy atom. The van der Waals surface area contributed by atoms with Gasteiger partial charge >= 0.3 is 5.97 Å². The fraction of sp³-hybridized carbons (Fsp3) is 0.909. The molecule has 0 heterocycles. The molecular formula is C33H64O2. The standard InChI is InChI=1S/C33H64O2/c1-4-6-7-8-9-10-11-12-13-14-17-20-23-26-29-32(33(34)35)30-27-24-21-18-15-16-19-22-25-28-31(3)5-2/h16,19,31-32H,4-15,17-18,20-30H2,1-3H3,(H,34,35)/b19-16-. The number of hydrogen-bond acceptors (Lipinski definition) is 1. The summed E-state index contributed by atoms with van der Waals surface area (Å²) in [7, 11) is 0. The second-order valence-electron chi connectivity index (χ2n) is 11.3. The van der Waals surface area contributed by atoms with Gasteiger partial charge in [-0.1, -0.05) is 155 Å². The van der Waals surface area contributed by atoms with Gasteiger partial charge in [-0.05, 0) is 44.4 Å². The molecule has 0 aliphatic heterocycles. The van der Waals surface area contributed by atoms with Crippen molar-refractivity contribution in [2.75, 3.05) is 0 Å². The number of hydrogen-bond donors (Lipinski definition) is 1. The molecule has 0 bridgehead atoms. The first-order chi connectivity index (χ1) is 17.1. The van der Waals surface area contributed by atoms with Crippen molar-refractivity contribution in [3.05, 3.63) is 12.2 Å². The third kappa shape index (κ3) is 26.1. The highest BCUT2D eigenvalue weighted by Crippen LogP contribution is 2.20. The molecule has 0 spiro atoms. The van der Waals surface area contributed by atoms with Crippen LogP contribution < -0.4 is 0 Å². The van der Waals surface area contributed by atoms with Crippen LogP contribution in [0.4, 0.5) is 0 Å². The number of aliphatic carboxylic acids is 1. The molecule has 0 aliphatic rings. The maximum Gasteiger partial charge on any atom is 0.306 e. The summed E-state index contributed by atoms with van der Waals surface area (Å²) in [6.07, 6.45) is 36.6. The van der Waals surface area contributed by atoms with E-state index in [9.17, 15) is 9.90 Å². The van der Waals surface area contributed by atoms with Crippen LogP contribution in [-0.4, -0.2) is 11.1 Å². The third-order valence-corrected chi connectivity index (χ3v) is 7.86. The smallest absolute Gasteiger partial charge is 0.306 e. The fourth-order valence-electron chi connectivity index (χ4n) is 5.01. The van der Waals surface area contributed by atoms with Gasteiger partial charge in [0.1, 0.15) is 0 Å². The summed E-state index contributed by atoms with van der Waals surface area (Å²) in [5.74, 6) is 0.185. The number of carbonyl (C=O) groups is 1. The van der Waals surface area contributed by atoms with E-state index in [-0.39, 0.29) is 5.92 Å². The van der Waals surface area contributed by atoms with Crippen molar-refractivity contribution >= 4 is 5.97 Å². The van der Waals surface area contributed by atoms with E-state index in [1.54, 1.807) is 0 Å². The Labute approximate surface area is 221 Å². The van der Waals surface area contributed by atoms with Gasteiger partial charge in [0.25, 0.3) is 0 Å². The highest BCUT2D eigenvalue weighted by Gasteiger charge is 2.16. The van der Waals surface area contributed by atoms with Gasteiger partial charge in [-0.3, -0.25) is 4.79 Å². The van der Waals surface area contributed by atoms with Gasteiger partial charge < -0.3 is 5.11 Å². The summed E-state index contributed by atoms with van der Waals surface area (Å²) in [5, 5.41) is 9.56. The lowest BCUT2D eigenvalue weighted by Crippen LogP contribution is -2.13. The fourth-order valence-corrected chi connectivity index (χ4v) is 5.01. The number of carboxylic acids is 1. The first-order valence-corrected chi connectivity index (χ1v) is 16.0. The van der Waals surface area contributed by atoms with Crippen molar-refractivity contribution in [3.63, 3.8) is 0 Å². The first-order valence-electron chi connectivity index (χ1n) is 16.0. The van der Waals surface area contributed by atoms with Gasteiger partial charge in [0.15, 0.2) is 0 Å². The minimum absolute atomic E-state index is 0.113. The summed E-state index contributed by atoms with van der Waals surface area (Å²) in [6, 6.07) is 0. The monoisotopic (exact) mass is 492 g/mol. The molecule has 2 heteroatoms. The van der Waals surface area contributed by atoms with Gasteiger partial charge in [-0.15, -0.1) is 0 Å². The molecule has 0 fully saturated rings. The highest BCUT2D eigenvalue weighted by atomic mass is 16.4. The van der Waals surface area contributed by atoms with E-state index in [2.05, 4.69) is 32.9 Å². The van der Waals surface area contributed by atoms with Crippen LogP contribution in [0.5, 0.6) is 0 Å². The van der Waals surface area contributed by atoms with Crippen molar-refractivity contribution < 1.29 is 9.90 Å². The van der Waals surface area contributed by atoms with Crippen molar-refractivity contribution in [1.29, 1.82) is 0 Å². The molecule has 2 atom stereocenters. The van der Waals surface area contributed by atoms with E-state index < -0.39 is 5.97 Å². The topological polar surface area (TPSA) is 37.3 Å². The van der Waals surface area contributed by atoms with Gasteiger partial charge in [0.2, 0.25) is 0 Å². The van der Waals surface area contributed by atoms with E-state index in [0.717, 1.165) is 31.6 Å². The summed E-state index contributed by atoms with van der Waals surface area (Å²) < 4.78 is 0. The van der Waals surface area contributed by atoms with Crippen LogP contribution in [0.2, 0.25) is 0 Å². The Balaban J connectivity index is 3.48. The van der Waals surface area contributed by atoms with Crippen molar-refractivity contribution in [2.45, 2.75) is 181 Å². The molecule has 0 aromatic rings. The molecule has 2 nitrogen and oxygen atoms in total. The Hall–Kier alpha value is -0.790. The van der Waals surface area contributed by atoms with Gasteiger partial charge in [0.05, 0.1) is 5.92 Å². The molecule has 0 rings (SSSR count). The van der Waals surface area contributed by atoms with Crippen molar-refractivity contribution in [2.24, 2.45) is 11.8 Å². The molecule has 35 heavy (non-hydrogen) atoms. The van der Waals surface area contributed by atoms with Crippen LogP contribution in [0.1, 0.15) is 181 Å². The van der Waals surface area contributed by atoms with Crippen LogP contribution >= 0.6 is 0 Å². The van der Waals surface area contributed by atoms with E-state index >= 15 is 0 Å². The molecule has 0 saturated heterocycles. The number of unbranched alkanes of at least 4 members (excludes halogenated alkanes) is 18. The molecule has 208 valence electrons.